The minimum absolute atomic E-state index is 0.157. The zero-order chi connectivity index (χ0) is 13.0. The van der Waals surface area contributed by atoms with Crippen molar-refractivity contribution in [3.8, 4) is 0 Å². The average molecular weight is 245 g/mol. The predicted molar refractivity (Wildman–Crippen MR) is 68.4 cm³/mol. The molecular formula is C13H15N3O2. The van der Waals surface area contributed by atoms with Crippen LogP contribution >= 0.6 is 0 Å². The molecular weight excluding hydrogens is 230 g/mol. The molecule has 0 aliphatic carbocycles. The Morgan fingerprint density at radius 2 is 2.22 bits per heavy atom. The molecule has 0 radical (unpaired) electrons. The van der Waals surface area contributed by atoms with Crippen LogP contribution in [-0.4, -0.2) is 17.9 Å². The smallest absolute Gasteiger partial charge is 0.253 e. The van der Waals surface area contributed by atoms with Crippen LogP contribution in [0.15, 0.2) is 35.0 Å². The van der Waals surface area contributed by atoms with Gasteiger partial charge in [0.25, 0.3) is 5.91 Å². The van der Waals surface area contributed by atoms with E-state index >= 15 is 0 Å². The van der Waals surface area contributed by atoms with Crippen LogP contribution in [0.1, 0.15) is 21.9 Å². The molecule has 0 spiro atoms. The SMILES string of the molecule is CNc1cnccc1C(=O)NCc1ccc(C)o1. The molecule has 0 bridgehead atoms. The Morgan fingerprint density at radius 3 is 2.89 bits per heavy atom. The van der Waals surface area contributed by atoms with Crippen molar-refractivity contribution in [2.45, 2.75) is 13.5 Å². The van der Waals surface area contributed by atoms with Gasteiger partial charge in [-0.2, -0.15) is 0 Å². The number of hydrogen-bond donors (Lipinski definition) is 2. The number of carbonyl (C=O) groups excluding carboxylic acids is 1. The molecule has 0 aliphatic heterocycles. The second-order valence-electron chi connectivity index (χ2n) is 3.87. The molecule has 94 valence electrons. The molecule has 2 aromatic rings. The minimum Gasteiger partial charge on any atom is -0.465 e. The molecule has 1 amide bonds. The van der Waals surface area contributed by atoms with E-state index in [-0.39, 0.29) is 5.91 Å². The highest BCUT2D eigenvalue weighted by Crippen LogP contribution is 2.12. The van der Waals surface area contributed by atoms with Crippen molar-refractivity contribution >= 4 is 11.6 Å². The number of pyridine rings is 1. The first-order chi connectivity index (χ1) is 8.70. The van der Waals surface area contributed by atoms with Crippen molar-refractivity contribution in [3.05, 3.63) is 47.7 Å². The van der Waals surface area contributed by atoms with E-state index in [1.165, 1.54) is 0 Å². The van der Waals surface area contributed by atoms with Gasteiger partial charge in [-0.05, 0) is 25.1 Å². The van der Waals surface area contributed by atoms with E-state index in [2.05, 4.69) is 15.6 Å². The molecule has 5 nitrogen and oxygen atoms in total. The number of anilines is 1. The van der Waals surface area contributed by atoms with Crippen LogP contribution in [-0.2, 0) is 6.54 Å². The zero-order valence-electron chi connectivity index (χ0n) is 10.4. The van der Waals surface area contributed by atoms with Crippen molar-refractivity contribution in [1.82, 2.24) is 10.3 Å². The first-order valence-corrected chi connectivity index (χ1v) is 5.66. The molecule has 18 heavy (non-hydrogen) atoms. The third-order valence-corrected chi connectivity index (χ3v) is 2.55. The fraction of sp³-hybridized carbons (Fsp3) is 0.231. The number of rotatable bonds is 4. The zero-order valence-corrected chi connectivity index (χ0v) is 10.4. The van der Waals surface area contributed by atoms with Gasteiger partial charge in [-0.3, -0.25) is 9.78 Å². The largest absolute Gasteiger partial charge is 0.465 e. The van der Waals surface area contributed by atoms with Crippen molar-refractivity contribution in [2.75, 3.05) is 12.4 Å². The summed E-state index contributed by atoms with van der Waals surface area (Å²) in [5.41, 5.74) is 1.27. The van der Waals surface area contributed by atoms with Gasteiger partial charge in [0.15, 0.2) is 0 Å². The lowest BCUT2D eigenvalue weighted by Gasteiger charge is -2.08. The Balaban J connectivity index is 2.03. The molecule has 0 aromatic carbocycles. The van der Waals surface area contributed by atoms with Crippen LogP contribution in [0.3, 0.4) is 0 Å². The van der Waals surface area contributed by atoms with Crippen LogP contribution in [0.4, 0.5) is 5.69 Å². The molecule has 0 saturated carbocycles. The molecule has 2 aromatic heterocycles. The van der Waals surface area contributed by atoms with Crippen molar-refractivity contribution in [3.63, 3.8) is 0 Å². The summed E-state index contributed by atoms with van der Waals surface area (Å²) >= 11 is 0. The first-order valence-electron chi connectivity index (χ1n) is 5.66. The van der Waals surface area contributed by atoms with E-state index in [1.807, 2.05) is 19.1 Å². The number of nitrogens with one attached hydrogen (secondary N) is 2. The van der Waals surface area contributed by atoms with Crippen LogP contribution in [0, 0.1) is 6.92 Å². The molecule has 0 atom stereocenters. The van der Waals surface area contributed by atoms with Crippen LogP contribution in [0.5, 0.6) is 0 Å². The fourth-order valence-electron chi connectivity index (χ4n) is 1.63. The normalized spacial score (nSPS) is 10.1. The third kappa shape index (κ3) is 2.68. The van der Waals surface area contributed by atoms with Crippen LogP contribution < -0.4 is 10.6 Å². The first kappa shape index (κ1) is 12.2. The van der Waals surface area contributed by atoms with Gasteiger partial charge < -0.3 is 15.1 Å². The van der Waals surface area contributed by atoms with Gasteiger partial charge >= 0.3 is 0 Å². The lowest BCUT2D eigenvalue weighted by atomic mass is 10.2. The Bertz CT molecular complexity index is 549. The molecule has 5 heteroatoms. The molecule has 2 rings (SSSR count). The summed E-state index contributed by atoms with van der Waals surface area (Å²) in [5.74, 6) is 1.41. The van der Waals surface area contributed by atoms with Gasteiger partial charge in [0.05, 0.1) is 24.0 Å². The number of aromatic nitrogens is 1. The van der Waals surface area contributed by atoms with Gasteiger partial charge in [-0.1, -0.05) is 0 Å². The Labute approximate surface area is 105 Å². The number of aryl methyl sites for hydroxylation is 1. The van der Waals surface area contributed by atoms with Gasteiger partial charge in [0, 0.05) is 13.2 Å². The molecule has 0 aliphatic rings. The summed E-state index contributed by atoms with van der Waals surface area (Å²) in [5, 5.41) is 5.73. The summed E-state index contributed by atoms with van der Waals surface area (Å²) in [6.07, 6.45) is 3.21. The van der Waals surface area contributed by atoms with Crippen LogP contribution in [0.25, 0.3) is 0 Å². The summed E-state index contributed by atoms with van der Waals surface area (Å²) in [6.45, 7) is 2.24. The van der Waals surface area contributed by atoms with Gasteiger partial charge in [-0.15, -0.1) is 0 Å². The van der Waals surface area contributed by atoms with Crippen molar-refractivity contribution in [1.29, 1.82) is 0 Å². The van der Waals surface area contributed by atoms with E-state index in [0.717, 1.165) is 11.5 Å². The molecule has 0 fully saturated rings. The van der Waals surface area contributed by atoms with E-state index in [9.17, 15) is 4.79 Å². The maximum atomic E-state index is 12.0. The molecule has 2 heterocycles. The monoisotopic (exact) mass is 245 g/mol. The number of hydrogen-bond acceptors (Lipinski definition) is 4. The number of amides is 1. The maximum absolute atomic E-state index is 12.0. The second kappa shape index (κ2) is 5.35. The second-order valence-corrected chi connectivity index (χ2v) is 3.87. The molecule has 0 unspecified atom stereocenters. The van der Waals surface area contributed by atoms with Gasteiger partial charge in [0.2, 0.25) is 0 Å². The highest BCUT2D eigenvalue weighted by molar-refractivity contribution is 5.99. The lowest BCUT2D eigenvalue weighted by Crippen LogP contribution is -2.23. The maximum Gasteiger partial charge on any atom is 0.253 e. The quantitative estimate of drug-likeness (QED) is 0.864. The van der Waals surface area contributed by atoms with Gasteiger partial charge in [0.1, 0.15) is 11.5 Å². The number of furan rings is 1. The highest BCUT2D eigenvalue weighted by Gasteiger charge is 2.10. The van der Waals surface area contributed by atoms with E-state index in [4.69, 9.17) is 4.42 Å². The summed E-state index contributed by atoms with van der Waals surface area (Å²) in [7, 11) is 1.75. The van der Waals surface area contributed by atoms with E-state index in [0.29, 0.717) is 17.8 Å². The summed E-state index contributed by atoms with van der Waals surface area (Å²) in [4.78, 5) is 15.9. The average Bonchev–Trinajstić information content (AvgIpc) is 2.81. The minimum atomic E-state index is -0.157. The Hall–Kier alpha value is -2.30. The Kier molecular flexibility index (Phi) is 3.62. The standard InChI is InChI=1S/C13H15N3O2/c1-9-3-4-10(18-9)7-16-13(17)11-5-6-15-8-12(11)14-2/h3-6,8,14H,7H2,1-2H3,(H,16,17). The topological polar surface area (TPSA) is 67.2 Å². The Morgan fingerprint density at radius 1 is 1.39 bits per heavy atom. The van der Waals surface area contributed by atoms with E-state index in [1.54, 1.807) is 25.5 Å². The molecule has 0 saturated heterocycles. The third-order valence-electron chi connectivity index (χ3n) is 2.55. The number of carbonyl (C=O) groups is 1. The lowest BCUT2D eigenvalue weighted by molar-refractivity contribution is 0.0948. The van der Waals surface area contributed by atoms with Crippen molar-refractivity contribution in [2.24, 2.45) is 0 Å². The van der Waals surface area contributed by atoms with Crippen LogP contribution in [0.2, 0.25) is 0 Å². The number of nitrogens with zero attached hydrogens (tertiary/aromatic N) is 1. The fourth-order valence-corrected chi connectivity index (χ4v) is 1.63. The summed E-state index contributed by atoms with van der Waals surface area (Å²) < 4.78 is 5.38. The highest BCUT2D eigenvalue weighted by atomic mass is 16.3. The predicted octanol–water partition coefficient (Wildman–Crippen LogP) is 1.95. The molecule has 2 N–H and O–H groups in total. The van der Waals surface area contributed by atoms with E-state index < -0.39 is 0 Å². The van der Waals surface area contributed by atoms with Crippen molar-refractivity contribution < 1.29 is 9.21 Å². The summed E-state index contributed by atoms with van der Waals surface area (Å²) in [6, 6.07) is 5.39. The van der Waals surface area contributed by atoms with Gasteiger partial charge in [-0.25, -0.2) is 0 Å².